The van der Waals surface area contributed by atoms with Crippen molar-refractivity contribution >= 4 is 17.6 Å². The second-order valence-corrected chi connectivity index (χ2v) is 7.16. The number of urea groups is 1. The van der Waals surface area contributed by atoms with Gasteiger partial charge >= 0.3 is 6.03 Å². The Kier molecular flexibility index (Phi) is 6.63. The molecule has 0 aliphatic carbocycles. The summed E-state index contributed by atoms with van der Waals surface area (Å²) in [5, 5.41) is 5.65. The predicted molar refractivity (Wildman–Crippen MR) is 108 cm³/mol. The van der Waals surface area contributed by atoms with E-state index in [0.29, 0.717) is 36.8 Å². The van der Waals surface area contributed by atoms with Crippen LogP contribution in [0.5, 0.6) is 0 Å². The average Bonchev–Trinajstić information content (AvgIpc) is 2.70. The number of anilines is 1. The number of nitrogens with one attached hydrogen (secondary N) is 2. The minimum Gasteiger partial charge on any atom is -0.352 e. The molecule has 148 valence electrons. The first-order valence-corrected chi connectivity index (χ1v) is 9.73. The van der Waals surface area contributed by atoms with Gasteiger partial charge in [-0.3, -0.25) is 4.79 Å². The van der Waals surface area contributed by atoms with Gasteiger partial charge in [0.2, 0.25) is 0 Å². The van der Waals surface area contributed by atoms with Crippen LogP contribution in [-0.2, 0) is 6.42 Å². The monoisotopic (exact) mass is 383 g/mol. The molecule has 28 heavy (non-hydrogen) atoms. The molecule has 0 radical (unpaired) electrons. The van der Waals surface area contributed by atoms with Gasteiger partial charge in [0.25, 0.3) is 5.91 Å². The molecule has 1 heterocycles. The van der Waals surface area contributed by atoms with Crippen LogP contribution >= 0.6 is 0 Å². The van der Waals surface area contributed by atoms with Gasteiger partial charge in [-0.15, -0.1) is 0 Å². The molecule has 5 nitrogen and oxygen atoms in total. The molecule has 2 N–H and O–H groups in total. The van der Waals surface area contributed by atoms with E-state index < -0.39 is 0 Å². The van der Waals surface area contributed by atoms with Gasteiger partial charge in [-0.05, 0) is 68.0 Å². The van der Waals surface area contributed by atoms with Crippen molar-refractivity contribution in [2.75, 3.05) is 25.0 Å². The Balaban J connectivity index is 1.59. The third-order valence-electron chi connectivity index (χ3n) is 4.96. The second-order valence-electron chi connectivity index (χ2n) is 7.16. The maximum absolute atomic E-state index is 13.1. The van der Waals surface area contributed by atoms with Crippen molar-refractivity contribution < 1.29 is 14.0 Å². The normalized spacial score (nSPS) is 16.5. The highest BCUT2D eigenvalue weighted by Crippen LogP contribution is 2.22. The van der Waals surface area contributed by atoms with Crippen molar-refractivity contribution in [3.05, 3.63) is 65.5 Å². The number of rotatable bonds is 5. The lowest BCUT2D eigenvalue weighted by atomic mass is 9.91. The van der Waals surface area contributed by atoms with Crippen LogP contribution in [0.2, 0.25) is 0 Å². The lowest BCUT2D eigenvalue weighted by molar-refractivity contribution is 0.0955. The van der Waals surface area contributed by atoms with Crippen molar-refractivity contribution in [1.82, 2.24) is 10.2 Å². The van der Waals surface area contributed by atoms with Gasteiger partial charge < -0.3 is 15.5 Å². The maximum Gasteiger partial charge on any atom is 0.321 e. The fraction of sp³-hybridized carbons (Fsp3) is 0.364. The van der Waals surface area contributed by atoms with E-state index >= 15 is 0 Å². The molecule has 0 spiro atoms. The van der Waals surface area contributed by atoms with Gasteiger partial charge in [-0.25, -0.2) is 9.18 Å². The van der Waals surface area contributed by atoms with Crippen LogP contribution in [0.4, 0.5) is 14.9 Å². The Labute approximate surface area is 164 Å². The van der Waals surface area contributed by atoms with Gasteiger partial charge in [-0.1, -0.05) is 18.2 Å². The van der Waals surface area contributed by atoms with Crippen LogP contribution in [-0.4, -0.2) is 36.5 Å². The highest BCUT2D eigenvalue weighted by molar-refractivity contribution is 5.96. The minimum atomic E-state index is -0.233. The second kappa shape index (κ2) is 9.35. The number of likely N-dealkylation sites (tertiary alicyclic amines) is 1. The Morgan fingerprint density at radius 1 is 1.18 bits per heavy atom. The van der Waals surface area contributed by atoms with Crippen molar-refractivity contribution in [3.63, 3.8) is 0 Å². The molecule has 1 aliphatic heterocycles. The van der Waals surface area contributed by atoms with Crippen molar-refractivity contribution in [1.29, 1.82) is 0 Å². The molecule has 6 heteroatoms. The molecular formula is C22H26FN3O2. The molecular weight excluding hydrogens is 357 g/mol. The van der Waals surface area contributed by atoms with Gasteiger partial charge in [-0.2, -0.15) is 0 Å². The first-order chi connectivity index (χ1) is 13.5. The molecule has 1 aliphatic rings. The minimum absolute atomic E-state index is 0.156. The van der Waals surface area contributed by atoms with Crippen molar-refractivity contribution in [3.8, 4) is 0 Å². The predicted octanol–water partition coefficient (Wildman–Crippen LogP) is 4.06. The summed E-state index contributed by atoms with van der Waals surface area (Å²) in [5.74, 6) is -0.0363. The number of nitrogens with zero attached hydrogens (tertiary/aromatic N) is 1. The molecule has 1 saturated heterocycles. The van der Waals surface area contributed by atoms with Crippen LogP contribution in [0, 0.1) is 11.7 Å². The van der Waals surface area contributed by atoms with Crippen molar-refractivity contribution in [2.45, 2.75) is 26.2 Å². The quantitative estimate of drug-likeness (QED) is 0.818. The van der Waals surface area contributed by atoms with Crippen LogP contribution < -0.4 is 10.6 Å². The Hall–Kier alpha value is -2.89. The molecule has 3 amide bonds. The average molecular weight is 383 g/mol. The number of hydrogen-bond donors (Lipinski definition) is 2. The Bertz CT molecular complexity index is 823. The van der Waals surface area contributed by atoms with E-state index in [1.807, 2.05) is 11.8 Å². The lowest BCUT2D eigenvalue weighted by Crippen LogP contribution is -2.42. The molecule has 3 rings (SSSR count). The summed E-state index contributed by atoms with van der Waals surface area (Å²) in [4.78, 5) is 26.5. The number of amides is 3. The first-order valence-electron chi connectivity index (χ1n) is 9.73. The third-order valence-corrected chi connectivity index (χ3v) is 4.96. The van der Waals surface area contributed by atoms with E-state index in [-0.39, 0.29) is 17.8 Å². The highest BCUT2D eigenvalue weighted by atomic mass is 19.1. The molecule has 1 unspecified atom stereocenters. The van der Waals surface area contributed by atoms with E-state index in [1.165, 1.54) is 12.1 Å². The van der Waals surface area contributed by atoms with Gasteiger partial charge in [0.05, 0.1) is 0 Å². The van der Waals surface area contributed by atoms with E-state index in [2.05, 4.69) is 10.6 Å². The summed E-state index contributed by atoms with van der Waals surface area (Å²) in [6, 6.07) is 13.4. The largest absolute Gasteiger partial charge is 0.352 e. The standard InChI is InChI=1S/C22H26FN3O2/c1-2-24-21(27)18-6-3-7-20(14-18)25-22(28)26-12-4-5-17(15-26)13-16-8-10-19(23)11-9-16/h3,6-11,14,17H,2,4-5,12-13,15H2,1H3,(H,24,27)(H,25,28). The number of halogens is 1. The van der Waals surface area contributed by atoms with E-state index in [1.54, 1.807) is 36.4 Å². The third kappa shape index (κ3) is 5.31. The van der Waals surface area contributed by atoms with Crippen molar-refractivity contribution in [2.24, 2.45) is 5.92 Å². The number of carbonyl (C=O) groups excluding carboxylic acids is 2. The number of benzene rings is 2. The number of piperidine rings is 1. The van der Waals surface area contributed by atoms with Crippen LogP contribution in [0.15, 0.2) is 48.5 Å². The van der Waals surface area contributed by atoms with Gasteiger partial charge in [0, 0.05) is 30.9 Å². The highest BCUT2D eigenvalue weighted by Gasteiger charge is 2.24. The molecule has 2 aromatic carbocycles. The zero-order valence-electron chi connectivity index (χ0n) is 16.1. The molecule has 1 fully saturated rings. The zero-order valence-corrected chi connectivity index (χ0v) is 16.1. The number of hydrogen-bond acceptors (Lipinski definition) is 2. The summed E-state index contributed by atoms with van der Waals surface area (Å²) < 4.78 is 13.1. The summed E-state index contributed by atoms with van der Waals surface area (Å²) in [5.41, 5.74) is 2.21. The Morgan fingerprint density at radius 3 is 2.71 bits per heavy atom. The molecule has 2 aromatic rings. The SMILES string of the molecule is CCNC(=O)c1cccc(NC(=O)N2CCCC(Cc3ccc(F)cc3)C2)c1. The summed E-state index contributed by atoms with van der Waals surface area (Å²) in [6.07, 6.45) is 2.82. The molecule has 0 bridgehead atoms. The van der Waals surface area contributed by atoms with E-state index in [9.17, 15) is 14.0 Å². The van der Waals surface area contributed by atoms with E-state index in [4.69, 9.17) is 0 Å². The molecule has 1 atom stereocenters. The fourth-order valence-corrected chi connectivity index (χ4v) is 3.57. The lowest BCUT2D eigenvalue weighted by Gasteiger charge is -2.33. The number of carbonyl (C=O) groups is 2. The molecule has 0 aromatic heterocycles. The summed E-state index contributed by atoms with van der Waals surface area (Å²) in [7, 11) is 0. The van der Waals surface area contributed by atoms with Gasteiger partial charge in [0.1, 0.15) is 5.82 Å². The Morgan fingerprint density at radius 2 is 1.96 bits per heavy atom. The summed E-state index contributed by atoms with van der Waals surface area (Å²) in [6.45, 7) is 3.79. The summed E-state index contributed by atoms with van der Waals surface area (Å²) >= 11 is 0. The topological polar surface area (TPSA) is 61.4 Å². The fourth-order valence-electron chi connectivity index (χ4n) is 3.57. The first kappa shape index (κ1) is 19.9. The van der Waals surface area contributed by atoms with E-state index in [0.717, 1.165) is 24.8 Å². The smallest absolute Gasteiger partial charge is 0.321 e. The zero-order chi connectivity index (χ0) is 19.9. The van der Waals surface area contributed by atoms with Gasteiger partial charge in [0.15, 0.2) is 0 Å². The van der Waals surface area contributed by atoms with Crippen LogP contribution in [0.25, 0.3) is 0 Å². The van der Waals surface area contributed by atoms with Crippen LogP contribution in [0.1, 0.15) is 35.7 Å². The molecule has 0 saturated carbocycles. The van der Waals surface area contributed by atoms with Crippen LogP contribution in [0.3, 0.4) is 0 Å². The maximum atomic E-state index is 13.1.